The van der Waals surface area contributed by atoms with E-state index >= 15 is 0 Å². The number of nitro groups is 1. The number of rotatable bonds is 9. The fourth-order valence-electron chi connectivity index (χ4n) is 1.39. The fraction of sp³-hybridized carbons (Fsp3) is 0.500. The van der Waals surface area contributed by atoms with Gasteiger partial charge in [-0.1, -0.05) is 0 Å². The van der Waals surface area contributed by atoms with Gasteiger partial charge >= 0.3 is 5.69 Å². The molecule has 0 aliphatic rings. The summed E-state index contributed by atoms with van der Waals surface area (Å²) in [5, 5.41) is 16.6. The third kappa shape index (κ3) is 4.65. The molecular formula is C10H16N6O4. The molecule has 1 amide bonds. The zero-order valence-electron chi connectivity index (χ0n) is 11.0. The Bertz CT molecular complexity index is 481. The van der Waals surface area contributed by atoms with E-state index in [2.05, 4.69) is 20.6 Å². The van der Waals surface area contributed by atoms with E-state index in [9.17, 15) is 14.9 Å². The van der Waals surface area contributed by atoms with Crippen molar-refractivity contribution in [3.63, 3.8) is 0 Å². The molecule has 0 saturated carbocycles. The Kier molecular flexibility index (Phi) is 6.10. The number of nitrogens with one attached hydrogen (secondary N) is 2. The first-order chi connectivity index (χ1) is 9.56. The van der Waals surface area contributed by atoms with Gasteiger partial charge in [0, 0.05) is 13.1 Å². The Hall–Kier alpha value is -2.49. The van der Waals surface area contributed by atoms with Crippen molar-refractivity contribution in [2.45, 2.75) is 6.92 Å². The number of carbonyl (C=O) groups is 1. The molecule has 10 nitrogen and oxygen atoms in total. The molecule has 0 saturated heterocycles. The molecule has 0 radical (unpaired) electrons. The van der Waals surface area contributed by atoms with Crippen molar-refractivity contribution in [2.75, 3.05) is 36.9 Å². The molecule has 1 rings (SSSR count). The standard InChI is InChI=1S/C10H16N6O4/c1-2-12-9-8(16(18)19)10(15-6-14-9)13-3-4-20-5-7(11)17/h6H,2-5H2,1H3,(H2,11,17)(H2,12,13,14,15). The molecule has 1 aromatic heterocycles. The van der Waals surface area contributed by atoms with Crippen LogP contribution in [0, 0.1) is 10.1 Å². The van der Waals surface area contributed by atoms with E-state index in [1.165, 1.54) is 6.33 Å². The number of ether oxygens (including phenoxy) is 1. The molecule has 0 fully saturated rings. The second kappa shape index (κ2) is 7.84. The predicted molar refractivity (Wildman–Crippen MR) is 71.4 cm³/mol. The van der Waals surface area contributed by atoms with Gasteiger partial charge in [-0.15, -0.1) is 0 Å². The number of carbonyl (C=O) groups excluding carboxylic acids is 1. The maximum absolute atomic E-state index is 11.0. The fourth-order valence-corrected chi connectivity index (χ4v) is 1.39. The summed E-state index contributed by atoms with van der Waals surface area (Å²) in [6, 6.07) is 0. The maximum atomic E-state index is 11.0. The lowest BCUT2D eigenvalue weighted by Crippen LogP contribution is -2.21. The number of nitrogens with two attached hydrogens (primary N) is 1. The topological polar surface area (TPSA) is 145 Å². The third-order valence-electron chi connectivity index (χ3n) is 2.13. The molecular weight excluding hydrogens is 268 g/mol. The number of nitrogens with zero attached hydrogens (tertiary/aromatic N) is 3. The van der Waals surface area contributed by atoms with Crippen molar-refractivity contribution in [3.05, 3.63) is 16.4 Å². The molecule has 0 aromatic carbocycles. The quantitative estimate of drug-likeness (QED) is 0.319. The molecule has 1 heterocycles. The highest BCUT2D eigenvalue weighted by molar-refractivity contribution is 5.75. The van der Waals surface area contributed by atoms with Crippen LogP contribution in [-0.4, -0.2) is 47.1 Å². The Morgan fingerprint density at radius 3 is 2.65 bits per heavy atom. The molecule has 0 aliphatic heterocycles. The average Bonchev–Trinajstić information content (AvgIpc) is 2.38. The van der Waals surface area contributed by atoms with Gasteiger partial charge in [-0.3, -0.25) is 14.9 Å². The predicted octanol–water partition coefficient (Wildman–Crippen LogP) is -0.270. The lowest BCUT2D eigenvalue weighted by Gasteiger charge is -2.08. The van der Waals surface area contributed by atoms with Crippen LogP contribution in [0.3, 0.4) is 0 Å². The zero-order chi connectivity index (χ0) is 15.0. The second-order valence-electron chi connectivity index (χ2n) is 3.65. The summed E-state index contributed by atoms with van der Waals surface area (Å²) in [5.74, 6) is -0.343. The van der Waals surface area contributed by atoms with Crippen molar-refractivity contribution < 1.29 is 14.5 Å². The van der Waals surface area contributed by atoms with Crippen molar-refractivity contribution in [1.29, 1.82) is 0 Å². The first-order valence-corrected chi connectivity index (χ1v) is 5.89. The minimum Gasteiger partial charge on any atom is -0.370 e. The Morgan fingerprint density at radius 2 is 2.10 bits per heavy atom. The van der Waals surface area contributed by atoms with Gasteiger partial charge in [0.15, 0.2) is 0 Å². The van der Waals surface area contributed by atoms with E-state index in [4.69, 9.17) is 10.5 Å². The number of aromatic nitrogens is 2. The van der Waals surface area contributed by atoms with Crippen LogP contribution in [0.2, 0.25) is 0 Å². The molecule has 10 heteroatoms. The van der Waals surface area contributed by atoms with Crippen LogP contribution >= 0.6 is 0 Å². The summed E-state index contributed by atoms with van der Waals surface area (Å²) < 4.78 is 4.93. The van der Waals surface area contributed by atoms with E-state index in [1.807, 2.05) is 0 Å². The highest BCUT2D eigenvalue weighted by Gasteiger charge is 2.22. The SMILES string of the molecule is CCNc1ncnc(NCCOCC(N)=O)c1[N+](=O)[O-]. The summed E-state index contributed by atoms with van der Waals surface area (Å²) in [5.41, 5.74) is 4.67. The van der Waals surface area contributed by atoms with Crippen LogP contribution < -0.4 is 16.4 Å². The van der Waals surface area contributed by atoms with Gasteiger partial charge in [-0.2, -0.15) is 0 Å². The van der Waals surface area contributed by atoms with Gasteiger partial charge in [0.25, 0.3) is 0 Å². The number of primary amides is 1. The molecule has 0 unspecified atom stereocenters. The molecule has 0 bridgehead atoms. The smallest absolute Gasteiger partial charge is 0.353 e. The molecule has 0 atom stereocenters. The van der Waals surface area contributed by atoms with Crippen LogP contribution in [-0.2, 0) is 9.53 Å². The largest absolute Gasteiger partial charge is 0.370 e. The van der Waals surface area contributed by atoms with Gasteiger partial charge in [-0.05, 0) is 6.92 Å². The molecule has 1 aromatic rings. The maximum Gasteiger partial charge on any atom is 0.353 e. The molecule has 0 aliphatic carbocycles. The van der Waals surface area contributed by atoms with Crippen molar-refractivity contribution >= 4 is 23.2 Å². The van der Waals surface area contributed by atoms with Crippen LogP contribution in [0.4, 0.5) is 17.3 Å². The monoisotopic (exact) mass is 284 g/mol. The van der Waals surface area contributed by atoms with E-state index in [0.717, 1.165) is 0 Å². The van der Waals surface area contributed by atoms with Gasteiger partial charge < -0.3 is 21.1 Å². The van der Waals surface area contributed by atoms with Gasteiger partial charge in [-0.25, -0.2) is 9.97 Å². The van der Waals surface area contributed by atoms with Crippen LogP contribution in [0.15, 0.2) is 6.33 Å². The van der Waals surface area contributed by atoms with E-state index in [0.29, 0.717) is 6.54 Å². The zero-order valence-corrected chi connectivity index (χ0v) is 11.0. The van der Waals surface area contributed by atoms with Crippen LogP contribution in [0.5, 0.6) is 0 Å². The van der Waals surface area contributed by atoms with Gasteiger partial charge in [0.05, 0.1) is 11.5 Å². The lowest BCUT2D eigenvalue weighted by atomic mass is 10.4. The molecule has 20 heavy (non-hydrogen) atoms. The third-order valence-corrected chi connectivity index (χ3v) is 2.13. The first-order valence-electron chi connectivity index (χ1n) is 5.89. The number of anilines is 2. The number of amides is 1. The minimum atomic E-state index is -0.576. The lowest BCUT2D eigenvalue weighted by molar-refractivity contribution is -0.383. The van der Waals surface area contributed by atoms with Crippen molar-refractivity contribution in [2.24, 2.45) is 5.73 Å². The van der Waals surface area contributed by atoms with Gasteiger partial charge in [0.1, 0.15) is 12.9 Å². The first kappa shape index (κ1) is 15.6. The summed E-state index contributed by atoms with van der Waals surface area (Å²) in [4.78, 5) is 28.6. The molecule has 4 N–H and O–H groups in total. The summed E-state index contributed by atoms with van der Waals surface area (Å²) in [6.45, 7) is 2.52. The molecule has 110 valence electrons. The van der Waals surface area contributed by atoms with E-state index < -0.39 is 10.8 Å². The summed E-state index contributed by atoms with van der Waals surface area (Å²) in [6.07, 6.45) is 1.22. The highest BCUT2D eigenvalue weighted by atomic mass is 16.6. The Labute approximate surface area is 114 Å². The van der Waals surface area contributed by atoms with Crippen molar-refractivity contribution in [3.8, 4) is 0 Å². The highest BCUT2D eigenvalue weighted by Crippen LogP contribution is 2.28. The summed E-state index contributed by atoms with van der Waals surface area (Å²) in [7, 11) is 0. The van der Waals surface area contributed by atoms with E-state index in [1.54, 1.807) is 6.92 Å². The number of hydrogen-bond acceptors (Lipinski definition) is 8. The van der Waals surface area contributed by atoms with Crippen LogP contribution in [0.1, 0.15) is 6.92 Å². The average molecular weight is 284 g/mol. The Balaban J connectivity index is 2.66. The number of hydrogen-bond donors (Lipinski definition) is 3. The Morgan fingerprint density at radius 1 is 1.45 bits per heavy atom. The van der Waals surface area contributed by atoms with Crippen LogP contribution in [0.25, 0.3) is 0 Å². The van der Waals surface area contributed by atoms with E-state index in [-0.39, 0.29) is 37.1 Å². The molecule has 0 spiro atoms. The van der Waals surface area contributed by atoms with Crippen molar-refractivity contribution in [1.82, 2.24) is 9.97 Å². The van der Waals surface area contributed by atoms with Gasteiger partial charge in [0.2, 0.25) is 17.5 Å². The normalized spacial score (nSPS) is 10.1. The minimum absolute atomic E-state index is 0.0867. The summed E-state index contributed by atoms with van der Waals surface area (Å²) >= 11 is 0. The second-order valence-corrected chi connectivity index (χ2v) is 3.65.